The van der Waals surface area contributed by atoms with E-state index >= 15 is 0 Å². The third-order valence-electron chi connectivity index (χ3n) is 2.59. The van der Waals surface area contributed by atoms with Crippen molar-refractivity contribution in [3.05, 3.63) is 57.2 Å². The predicted molar refractivity (Wildman–Crippen MR) is 82.2 cm³/mol. The van der Waals surface area contributed by atoms with E-state index in [0.29, 0.717) is 5.56 Å². The number of anilines is 1. The molecule has 2 aromatic rings. The van der Waals surface area contributed by atoms with Crippen LogP contribution in [0.3, 0.4) is 0 Å². The maximum Gasteiger partial charge on any atom is 0.337 e. The molecule has 0 bridgehead atoms. The molecule has 20 heavy (non-hydrogen) atoms. The summed E-state index contributed by atoms with van der Waals surface area (Å²) in [6, 6.07) is 10.4. The van der Waals surface area contributed by atoms with Gasteiger partial charge in [0.1, 0.15) is 5.75 Å². The van der Waals surface area contributed by atoms with Gasteiger partial charge in [-0.15, -0.1) is 0 Å². The van der Waals surface area contributed by atoms with Gasteiger partial charge < -0.3 is 15.5 Å². The Morgan fingerprint density at radius 1 is 1.05 bits per heavy atom. The molecule has 6 heteroatoms. The lowest BCUT2D eigenvalue weighted by atomic mass is 10.1. The molecule has 0 unspecified atom stereocenters. The number of carbonyl (C=O) groups is 2. The number of benzene rings is 2. The summed E-state index contributed by atoms with van der Waals surface area (Å²) in [5.41, 5.74) is 0.595. The van der Waals surface area contributed by atoms with Gasteiger partial charge in [0.25, 0.3) is 5.91 Å². The zero-order valence-corrected chi connectivity index (χ0v) is 12.3. The molecule has 3 N–H and O–H groups in total. The first-order valence-corrected chi connectivity index (χ1v) is 6.68. The van der Waals surface area contributed by atoms with Crippen molar-refractivity contribution in [2.45, 2.75) is 0 Å². The van der Waals surface area contributed by atoms with Gasteiger partial charge in [-0.2, -0.15) is 0 Å². The van der Waals surface area contributed by atoms with E-state index in [4.69, 9.17) is 10.2 Å². The highest BCUT2D eigenvalue weighted by molar-refractivity contribution is 14.1. The maximum absolute atomic E-state index is 12.0. The molecule has 0 fully saturated rings. The fraction of sp³-hybridized carbons (Fsp3) is 0. The van der Waals surface area contributed by atoms with E-state index in [9.17, 15) is 9.59 Å². The van der Waals surface area contributed by atoms with E-state index in [1.165, 1.54) is 30.3 Å². The number of aromatic carboxylic acids is 1. The van der Waals surface area contributed by atoms with Crippen LogP contribution in [0.5, 0.6) is 5.75 Å². The summed E-state index contributed by atoms with van der Waals surface area (Å²) >= 11 is 2.00. The second kappa shape index (κ2) is 5.91. The molecule has 2 aromatic carbocycles. The largest absolute Gasteiger partial charge is 0.508 e. The van der Waals surface area contributed by atoms with Gasteiger partial charge in [-0.05, 0) is 65.1 Å². The van der Waals surface area contributed by atoms with Crippen LogP contribution >= 0.6 is 22.6 Å². The number of hydrogen-bond acceptors (Lipinski definition) is 3. The van der Waals surface area contributed by atoms with Gasteiger partial charge in [0, 0.05) is 9.13 Å². The first-order valence-electron chi connectivity index (χ1n) is 5.60. The lowest BCUT2D eigenvalue weighted by Crippen LogP contribution is -2.14. The molecule has 0 aliphatic heterocycles. The van der Waals surface area contributed by atoms with Crippen molar-refractivity contribution < 1.29 is 19.8 Å². The normalized spacial score (nSPS) is 10.1. The molecule has 0 radical (unpaired) electrons. The summed E-state index contributed by atoms with van der Waals surface area (Å²) in [5.74, 6) is -1.49. The van der Waals surface area contributed by atoms with Crippen molar-refractivity contribution in [2.75, 3.05) is 5.32 Å². The van der Waals surface area contributed by atoms with E-state index in [0.717, 1.165) is 3.57 Å². The number of hydrogen-bond donors (Lipinski definition) is 3. The number of phenols is 1. The lowest BCUT2D eigenvalue weighted by molar-refractivity contribution is 0.0698. The number of phenolic OH excluding ortho intramolecular Hbond substituents is 1. The molecule has 0 spiro atoms. The van der Waals surface area contributed by atoms with Crippen LogP contribution in [0.4, 0.5) is 5.69 Å². The van der Waals surface area contributed by atoms with Crippen LogP contribution in [0.1, 0.15) is 20.7 Å². The molecule has 0 saturated carbocycles. The molecule has 0 atom stereocenters. The van der Waals surface area contributed by atoms with Crippen LogP contribution in [-0.2, 0) is 0 Å². The van der Waals surface area contributed by atoms with Gasteiger partial charge >= 0.3 is 5.97 Å². The quantitative estimate of drug-likeness (QED) is 0.712. The van der Waals surface area contributed by atoms with Crippen LogP contribution in [-0.4, -0.2) is 22.1 Å². The molecule has 102 valence electrons. The Bertz CT molecular complexity index is 667. The van der Waals surface area contributed by atoms with Crippen molar-refractivity contribution in [3.8, 4) is 5.75 Å². The van der Waals surface area contributed by atoms with Gasteiger partial charge in [0.05, 0.1) is 11.3 Å². The van der Waals surface area contributed by atoms with Crippen LogP contribution < -0.4 is 5.32 Å². The van der Waals surface area contributed by atoms with Crippen molar-refractivity contribution in [1.29, 1.82) is 0 Å². The molecule has 2 rings (SSSR count). The van der Waals surface area contributed by atoms with E-state index in [2.05, 4.69) is 5.32 Å². The van der Waals surface area contributed by atoms with Gasteiger partial charge in [0.2, 0.25) is 0 Å². The highest BCUT2D eigenvalue weighted by Crippen LogP contribution is 2.20. The molecule has 0 heterocycles. The molecular formula is C14H10INO4. The molecule has 0 aliphatic rings. The van der Waals surface area contributed by atoms with E-state index in [1.807, 2.05) is 22.6 Å². The number of amides is 1. The van der Waals surface area contributed by atoms with E-state index < -0.39 is 11.9 Å². The topological polar surface area (TPSA) is 86.6 Å². The minimum absolute atomic E-state index is 0.0315. The molecule has 0 aliphatic carbocycles. The first kappa shape index (κ1) is 14.3. The van der Waals surface area contributed by atoms with Gasteiger partial charge in [0.15, 0.2) is 0 Å². The smallest absolute Gasteiger partial charge is 0.337 e. The van der Waals surface area contributed by atoms with Crippen molar-refractivity contribution in [1.82, 2.24) is 0 Å². The summed E-state index contributed by atoms with van der Waals surface area (Å²) in [7, 11) is 0. The zero-order valence-electron chi connectivity index (χ0n) is 10.1. The monoisotopic (exact) mass is 383 g/mol. The number of halogens is 1. The number of carboxylic acids is 1. The molecule has 5 nitrogen and oxygen atoms in total. The highest BCUT2D eigenvalue weighted by atomic mass is 127. The molecule has 1 amide bonds. The SMILES string of the molecule is O=C(Nc1ccc(I)cc1C(=O)O)c1ccc(O)cc1. The minimum Gasteiger partial charge on any atom is -0.508 e. The fourth-order valence-electron chi connectivity index (χ4n) is 1.61. The average molecular weight is 383 g/mol. The van der Waals surface area contributed by atoms with Gasteiger partial charge in [-0.25, -0.2) is 4.79 Å². The molecule has 0 saturated heterocycles. The third-order valence-corrected chi connectivity index (χ3v) is 3.26. The van der Waals surface area contributed by atoms with Crippen molar-refractivity contribution in [2.24, 2.45) is 0 Å². The minimum atomic E-state index is -1.11. The van der Waals surface area contributed by atoms with Gasteiger partial charge in [-0.3, -0.25) is 4.79 Å². The second-order valence-electron chi connectivity index (χ2n) is 4.00. The number of carbonyl (C=O) groups excluding carboxylic acids is 1. The predicted octanol–water partition coefficient (Wildman–Crippen LogP) is 2.95. The Balaban J connectivity index is 2.28. The van der Waals surface area contributed by atoms with E-state index in [1.54, 1.807) is 12.1 Å². The highest BCUT2D eigenvalue weighted by Gasteiger charge is 2.14. The maximum atomic E-state index is 12.0. The molecule has 0 aromatic heterocycles. The van der Waals surface area contributed by atoms with Crippen LogP contribution in [0, 0.1) is 3.57 Å². The zero-order chi connectivity index (χ0) is 14.7. The fourth-order valence-corrected chi connectivity index (χ4v) is 2.10. The second-order valence-corrected chi connectivity index (χ2v) is 5.24. The van der Waals surface area contributed by atoms with Crippen molar-refractivity contribution >= 4 is 40.2 Å². The summed E-state index contributed by atoms with van der Waals surface area (Å²) in [6.45, 7) is 0. The first-order chi connectivity index (χ1) is 9.47. The van der Waals surface area contributed by atoms with Crippen molar-refractivity contribution in [3.63, 3.8) is 0 Å². The van der Waals surface area contributed by atoms with Crippen LogP contribution in [0.25, 0.3) is 0 Å². The Hall–Kier alpha value is -2.09. The van der Waals surface area contributed by atoms with Crippen LogP contribution in [0.15, 0.2) is 42.5 Å². The Morgan fingerprint density at radius 2 is 1.70 bits per heavy atom. The number of carboxylic acid groups (broad SMARTS) is 1. The Labute approximate surface area is 128 Å². The Kier molecular flexibility index (Phi) is 4.23. The third kappa shape index (κ3) is 3.27. The summed E-state index contributed by atoms with van der Waals surface area (Å²) < 4.78 is 0.766. The van der Waals surface area contributed by atoms with E-state index in [-0.39, 0.29) is 17.0 Å². The average Bonchev–Trinajstić information content (AvgIpc) is 2.41. The number of aromatic hydroxyl groups is 1. The lowest BCUT2D eigenvalue weighted by Gasteiger charge is -2.09. The van der Waals surface area contributed by atoms with Gasteiger partial charge in [-0.1, -0.05) is 0 Å². The van der Waals surface area contributed by atoms with Crippen LogP contribution in [0.2, 0.25) is 0 Å². The number of nitrogens with one attached hydrogen (secondary N) is 1. The number of rotatable bonds is 3. The summed E-state index contributed by atoms with van der Waals surface area (Å²) in [5, 5.41) is 20.8. The summed E-state index contributed by atoms with van der Waals surface area (Å²) in [6.07, 6.45) is 0. The molecular weight excluding hydrogens is 373 g/mol. The Morgan fingerprint density at radius 3 is 2.30 bits per heavy atom. The standard InChI is InChI=1S/C14H10INO4/c15-9-3-6-12(11(7-9)14(19)20)16-13(18)8-1-4-10(17)5-2-8/h1-7,17H,(H,16,18)(H,19,20). The summed E-state index contributed by atoms with van der Waals surface area (Å²) in [4.78, 5) is 23.1.